The maximum absolute atomic E-state index is 12.3. The average Bonchev–Trinajstić information content (AvgIpc) is 2.96. The maximum Gasteiger partial charge on any atom is 0.242 e. The fourth-order valence-electron chi connectivity index (χ4n) is 1.65. The Morgan fingerprint density at radius 2 is 2.32 bits per heavy atom. The largest absolute Gasteiger partial charge is 0.391 e. The SMILES string of the molecule is Cc1csc(CO)c1S(=O)(=O)NC(C)c1nn[nH]n1. The van der Waals surface area contributed by atoms with Crippen molar-refractivity contribution in [3.63, 3.8) is 0 Å². The number of thiophene rings is 1. The van der Waals surface area contributed by atoms with Crippen molar-refractivity contribution in [3.05, 3.63) is 21.6 Å². The van der Waals surface area contributed by atoms with Crippen molar-refractivity contribution in [2.45, 2.75) is 31.4 Å². The molecule has 104 valence electrons. The van der Waals surface area contributed by atoms with Crippen LogP contribution in [0.3, 0.4) is 0 Å². The predicted molar refractivity (Wildman–Crippen MR) is 67.9 cm³/mol. The summed E-state index contributed by atoms with van der Waals surface area (Å²) in [6, 6.07) is -0.616. The van der Waals surface area contributed by atoms with Gasteiger partial charge in [0.15, 0.2) is 5.82 Å². The summed E-state index contributed by atoms with van der Waals surface area (Å²) in [6.45, 7) is 2.98. The zero-order chi connectivity index (χ0) is 14.0. The summed E-state index contributed by atoms with van der Waals surface area (Å²) in [7, 11) is -3.74. The third-order valence-corrected chi connectivity index (χ3v) is 5.47. The molecule has 0 aromatic carbocycles. The summed E-state index contributed by atoms with van der Waals surface area (Å²) in [6.07, 6.45) is 0. The van der Waals surface area contributed by atoms with E-state index in [-0.39, 0.29) is 17.3 Å². The van der Waals surface area contributed by atoms with E-state index in [2.05, 4.69) is 25.3 Å². The first kappa shape index (κ1) is 14.1. The lowest BCUT2D eigenvalue weighted by Gasteiger charge is -2.11. The molecule has 0 spiro atoms. The molecule has 1 atom stereocenters. The van der Waals surface area contributed by atoms with Crippen LogP contribution < -0.4 is 4.72 Å². The quantitative estimate of drug-likeness (QED) is 0.720. The zero-order valence-corrected chi connectivity index (χ0v) is 11.9. The molecule has 8 nitrogen and oxygen atoms in total. The van der Waals surface area contributed by atoms with Crippen LogP contribution in [-0.4, -0.2) is 34.1 Å². The minimum Gasteiger partial charge on any atom is -0.391 e. The fourth-order valence-corrected chi connectivity index (χ4v) is 4.52. The monoisotopic (exact) mass is 303 g/mol. The van der Waals surface area contributed by atoms with Crippen molar-refractivity contribution < 1.29 is 13.5 Å². The number of aliphatic hydroxyl groups is 1. The first-order valence-corrected chi connectivity index (χ1v) is 7.75. The van der Waals surface area contributed by atoms with Gasteiger partial charge in [-0.25, -0.2) is 13.1 Å². The average molecular weight is 303 g/mol. The molecule has 2 rings (SSSR count). The van der Waals surface area contributed by atoms with E-state index < -0.39 is 16.1 Å². The molecule has 10 heteroatoms. The van der Waals surface area contributed by atoms with E-state index in [4.69, 9.17) is 0 Å². The van der Waals surface area contributed by atoms with E-state index in [0.717, 1.165) is 0 Å². The number of aromatic amines is 1. The predicted octanol–water partition coefficient (Wildman–Crippen LogP) is 0.101. The highest BCUT2D eigenvalue weighted by molar-refractivity contribution is 7.89. The lowest BCUT2D eigenvalue weighted by molar-refractivity contribution is 0.282. The maximum atomic E-state index is 12.3. The third-order valence-electron chi connectivity index (χ3n) is 2.48. The Labute approximate surface area is 113 Å². The van der Waals surface area contributed by atoms with Gasteiger partial charge in [-0.3, -0.25) is 0 Å². The second kappa shape index (κ2) is 5.33. The van der Waals surface area contributed by atoms with Crippen molar-refractivity contribution >= 4 is 21.4 Å². The molecule has 0 saturated heterocycles. The molecule has 2 aromatic rings. The Kier molecular flexibility index (Phi) is 3.94. The van der Waals surface area contributed by atoms with Crippen LogP contribution in [-0.2, 0) is 16.6 Å². The second-order valence-electron chi connectivity index (χ2n) is 3.94. The van der Waals surface area contributed by atoms with E-state index >= 15 is 0 Å². The highest BCUT2D eigenvalue weighted by Gasteiger charge is 2.26. The van der Waals surface area contributed by atoms with Gasteiger partial charge in [-0.05, 0) is 24.8 Å². The molecule has 0 aliphatic carbocycles. The molecule has 0 saturated carbocycles. The zero-order valence-electron chi connectivity index (χ0n) is 10.3. The molecule has 2 aromatic heterocycles. The molecule has 3 N–H and O–H groups in total. The van der Waals surface area contributed by atoms with Gasteiger partial charge in [0.1, 0.15) is 4.90 Å². The lowest BCUT2D eigenvalue weighted by atomic mass is 10.3. The highest BCUT2D eigenvalue weighted by Crippen LogP contribution is 2.27. The number of hydrogen-bond acceptors (Lipinski definition) is 7. The number of rotatable bonds is 5. The van der Waals surface area contributed by atoms with E-state index in [1.54, 1.807) is 19.2 Å². The molecule has 0 fully saturated rings. The highest BCUT2D eigenvalue weighted by atomic mass is 32.2. The van der Waals surface area contributed by atoms with Gasteiger partial charge >= 0.3 is 0 Å². The Hall–Kier alpha value is -1.36. The summed E-state index contributed by atoms with van der Waals surface area (Å²) in [5, 5.41) is 24.0. The molecular formula is C9H13N5O3S2. The van der Waals surface area contributed by atoms with Gasteiger partial charge in [0, 0.05) is 0 Å². The van der Waals surface area contributed by atoms with Crippen molar-refractivity contribution in [1.29, 1.82) is 0 Å². The number of nitrogens with zero attached hydrogens (tertiary/aromatic N) is 3. The van der Waals surface area contributed by atoms with Gasteiger partial charge < -0.3 is 5.11 Å². The van der Waals surface area contributed by atoms with Crippen LogP contribution in [0, 0.1) is 6.92 Å². The molecule has 0 aliphatic heterocycles. The Morgan fingerprint density at radius 3 is 2.89 bits per heavy atom. The van der Waals surface area contributed by atoms with Gasteiger partial charge in [0.05, 0.1) is 17.5 Å². The summed E-state index contributed by atoms with van der Waals surface area (Å²) in [5.41, 5.74) is 0.599. The van der Waals surface area contributed by atoms with E-state index in [1.165, 1.54) is 11.3 Å². The molecule has 0 aliphatic rings. The van der Waals surface area contributed by atoms with Crippen molar-refractivity contribution in [1.82, 2.24) is 25.3 Å². The number of hydrogen-bond donors (Lipinski definition) is 3. The number of tetrazole rings is 1. The molecule has 0 bridgehead atoms. The molecule has 19 heavy (non-hydrogen) atoms. The fraction of sp³-hybridized carbons (Fsp3) is 0.444. The van der Waals surface area contributed by atoms with Crippen LogP contribution in [0.2, 0.25) is 0 Å². The molecular weight excluding hydrogens is 290 g/mol. The summed E-state index contributed by atoms with van der Waals surface area (Å²) in [4.78, 5) is 0.528. The van der Waals surface area contributed by atoms with Gasteiger partial charge in [0.25, 0.3) is 0 Å². The topological polar surface area (TPSA) is 121 Å². The summed E-state index contributed by atoms with van der Waals surface area (Å²) < 4.78 is 27.1. The van der Waals surface area contributed by atoms with E-state index in [9.17, 15) is 13.5 Å². The van der Waals surface area contributed by atoms with E-state index in [0.29, 0.717) is 10.4 Å². The van der Waals surface area contributed by atoms with Crippen LogP contribution in [0.5, 0.6) is 0 Å². The minimum absolute atomic E-state index is 0.121. The first-order valence-electron chi connectivity index (χ1n) is 5.39. The smallest absolute Gasteiger partial charge is 0.242 e. The van der Waals surface area contributed by atoms with Gasteiger partial charge in [-0.15, -0.1) is 21.5 Å². The molecule has 1 unspecified atom stereocenters. The molecule has 0 radical (unpaired) electrons. The third kappa shape index (κ3) is 2.81. The number of sulfonamides is 1. The van der Waals surface area contributed by atoms with Crippen LogP contribution >= 0.6 is 11.3 Å². The van der Waals surface area contributed by atoms with Crippen molar-refractivity contribution in [3.8, 4) is 0 Å². The second-order valence-corrected chi connectivity index (χ2v) is 6.56. The molecule has 2 heterocycles. The first-order chi connectivity index (χ1) is 8.95. The summed E-state index contributed by atoms with van der Waals surface area (Å²) in [5.74, 6) is 0.252. The number of aliphatic hydroxyl groups excluding tert-OH is 1. The van der Waals surface area contributed by atoms with Gasteiger partial charge in [0.2, 0.25) is 10.0 Å². The molecule has 0 amide bonds. The Morgan fingerprint density at radius 1 is 1.58 bits per heavy atom. The van der Waals surface area contributed by atoms with Crippen LogP contribution in [0.25, 0.3) is 0 Å². The van der Waals surface area contributed by atoms with Crippen molar-refractivity contribution in [2.75, 3.05) is 0 Å². The standard InChI is InChI=1S/C9H13N5O3S2/c1-5-4-18-7(3-15)8(5)19(16,17)12-6(2)9-10-13-14-11-9/h4,6,12,15H,3H2,1-2H3,(H,10,11,13,14). The van der Waals surface area contributed by atoms with Crippen LogP contribution in [0.4, 0.5) is 0 Å². The van der Waals surface area contributed by atoms with Crippen molar-refractivity contribution in [2.24, 2.45) is 0 Å². The van der Waals surface area contributed by atoms with Crippen LogP contribution in [0.15, 0.2) is 10.3 Å². The number of H-pyrrole nitrogens is 1. The van der Waals surface area contributed by atoms with Gasteiger partial charge in [-0.2, -0.15) is 5.21 Å². The Balaban J connectivity index is 2.30. The van der Waals surface area contributed by atoms with E-state index in [1.807, 2.05) is 0 Å². The number of aryl methyl sites for hydroxylation is 1. The van der Waals surface area contributed by atoms with Crippen LogP contribution in [0.1, 0.15) is 29.2 Å². The summed E-state index contributed by atoms with van der Waals surface area (Å²) >= 11 is 1.21. The lowest BCUT2D eigenvalue weighted by Crippen LogP contribution is -2.28. The Bertz CT molecular complexity index is 649. The minimum atomic E-state index is -3.74. The number of aromatic nitrogens is 4. The van der Waals surface area contributed by atoms with Gasteiger partial charge in [-0.1, -0.05) is 5.21 Å². The normalized spacial score (nSPS) is 13.6. The number of nitrogens with one attached hydrogen (secondary N) is 2.